The molecular weight excluding hydrogens is 249 g/mol. The molecule has 0 amide bonds. The lowest BCUT2D eigenvalue weighted by molar-refractivity contribution is -0.159. The lowest BCUT2D eigenvalue weighted by atomic mass is 10.1. The summed E-state index contributed by atoms with van der Waals surface area (Å²) in [5.74, 6) is -1.48. The predicted molar refractivity (Wildman–Crippen MR) is 55.5 cm³/mol. The summed E-state index contributed by atoms with van der Waals surface area (Å²) in [5.41, 5.74) is 1.30. The van der Waals surface area contributed by atoms with Gasteiger partial charge in [0.2, 0.25) is 5.82 Å². The molecular formula is C11H9F3N2O2. The first kappa shape index (κ1) is 12.6. The molecule has 2 aromatic rings. The molecule has 1 aromatic carbocycles. The molecule has 1 heterocycles. The Balaban J connectivity index is 2.23. The van der Waals surface area contributed by atoms with Gasteiger partial charge in [-0.15, -0.1) is 0 Å². The average molecular weight is 258 g/mol. The number of benzene rings is 1. The van der Waals surface area contributed by atoms with Crippen LogP contribution < -0.4 is 0 Å². The van der Waals surface area contributed by atoms with Crippen LogP contribution in [0, 0.1) is 0 Å². The second-order valence-electron chi connectivity index (χ2n) is 3.59. The molecule has 0 saturated heterocycles. The Morgan fingerprint density at radius 1 is 1.17 bits per heavy atom. The monoisotopic (exact) mass is 258 g/mol. The molecule has 0 radical (unpaired) electrons. The lowest BCUT2D eigenvalue weighted by Gasteiger charge is -1.99. The third kappa shape index (κ3) is 2.67. The number of halogens is 3. The van der Waals surface area contributed by atoms with Crippen LogP contribution in [0.4, 0.5) is 13.2 Å². The number of aliphatic hydroxyl groups is 1. The van der Waals surface area contributed by atoms with Crippen LogP contribution in [-0.4, -0.2) is 21.9 Å². The smallest absolute Gasteiger partial charge is 0.396 e. The Morgan fingerprint density at radius 2 is 1.83 bits per heavy atom. The van der Waals surface area contributed by atoms with Gasteiger partial charge >= 0.3 is 12.1 Å². The van der Waals surface area contributed by atoms with Crippen molar-refractivity contribution in [3.05, 3.63) is 35.7 Å². The first-order valence-corrected chi connectivity index (χ1v) is 5.12. The number of alkyl halides is 3. The van der Waals surface area contributed by atoms with Crippen molar-refractivity contribution in [1.82, 2.24) is 10.1 Å². The highest BCUT2D eigenvalue weighted by atomic mass is 19.4. The highest BCUT2D eigenvalue weighted by molar-refractivity contribution is 5.54. The van der Waals surface area contributed by atoms with Crippen molar-refractivity contribution in [3.8, 4) is 11.4 Å². The summed E-state index contributed by atoms with van der Waals surface area (Å²) < 4.78 is 40.9. The Morgan fingerprint density at radius 3 is 2.33 bits per heavy atom. The van der Waals surface area contributed by atoms with E-state index in [1.807, 2.05) is 0 Å². The van der Waals surface area contributed by atoms with Gasteiger partial charge in [0, 0.05) is 12.2 Å². The van der Waals surface area contributed by atoms with Crippen LogP contribution in [0.3, 0.4) is 0 Å². The fraction of sp³-hybridized carbons (Fsp3) is 0.273. The van der Waals surface area contributed by atoms with Crippen LogP contribution in [0.25, 0.3) is 11.4 Å². The van der Waals surface area contributed by atoms with E-state index in [-0.39, 0.29) is 12.4 Å². The van der Waals surface area contributed by atoms with Crippen LogP contribution >= 0.6 is 0 Å². The first-order chi connectivity index (χ1) is 8.50. The summed E-state index contributed by atoms with van der Waals surface area (Å²) >= 11 is 0. The first-order valence-electron chi connectivity index (χ1n) is 5.12. The molecule has 96 valence electrons. The van der Waals surface area contributed by atoms with E-state index in [4.69, 9.17) is 5.11 Å². The SMILES string of the molecule is OCCc1ccc(-c2noc(C(F)(F)F)n2)cc1. The highest BCUT2D eigenvalue weighted by Gasteiger charge is 2.38. The Hall–Kier alpha value is -1.89. The van der Waals surface area contributed by atoms with Crippen LogP contribution in [0.1, 0.15) is 11.5 Å². The number of nitrogens with zero attached hydrogens (tertiary/aromatic N) is 2. The Bertz CT molecular complexity index is 520. The maximum Gasteiger partial charge on any atom is 0.471 e. The zero-order chi connectivity index (χ0) is 13.2. The van der Waals surface area contributed by atoms with Gasteiger partial charge in [-0.05, 0) is 12.0 Å². The molecule has 4 nitrogen and oxygen atoms in total. The van der Waals surface area contributed by atoms with Crippen molar-refractivity contribution in [2.24, 2.45) is 0 Å². The topological polar surface area (TPSA) is 59.2 Å². The van der Waals surface area contributed by atoms with Crippen LogP contribution in [0.15, 0.2) is 28.8 Å². The summed E-state index contributed by atoms with van der Waals surface area (Å²) in [6, 6.07) is 6.54. The van der Waals surface area contributed by atoms with Gasteiger partial charge < -0.3 is 9.63 Å². The number of hydrogen-bond donors (Lipinski definition) is 1. The molecule has 0 aliphatic heterocycles. The average Bonchev–Trinajstić information content (AvgIpc) is 2.79. The molecule has 0 fully saturated rings. The van der Waals surface area contributed by atoms with Gasteiger partial charge in [0.1, 0.15) is 0 Å². The maximum atomic E-state index is 12.3. The Labute approximate surface area is 100 Å². The Kier molecular flexibility index (Phi) is 3.33. The van der Waals surface area contributed by atoms with Crippen molar-refractivity contribution in [2.45, 2.75) is 12.6 Å². The summed E-state index contributed by atoms with van der Waals surface area (Å²) in [6.07, 6.45) is -4.15. The van der Waals surface area contributed by atoms with E-state index in [0.717, 1.165) is 5.56 Å². The minimum Gasteiger partial charge on any atom is -0.396 e. The molecule has 18 heavy (non-hydrogen) atoms. The lowest BCUT2D eigenvalue weighted by Crippen LogP contribution is -2.04. The zero-order valence-electron chi connectivity index (χ0n) is 9.11. The summed E-state index contributed by atoms with van der Waals surface area (Å²) in [6.45, 7) is 0.0137. The largest absolute Gasteiger partial charge is 0.471 e. The second-order valence-corrected chi connectivity index (χ2v) is 3.59. The van der Waals surface area contributed by atoms with Crippen molar-refractivity contribution >= 4 is 0 Å². The maximum absolute atomic E-state index is 12.3. The van der Waals surface area contributed by atoms with E-state index < -0.39 is 12.1 Å². The van der Waals surface area contributed by atoms with Gasteiger partial charge in [-0.25, -0.2) is 0 Å². The molecule has 0 aliphatic carbocycles. The summed E-state index contributed by atoms with van der Waals surface area (Å²) in [7, 11) is 0. The number of aliphatic hydroxyl groups excluding tert-OH is 1. The van der Waals surface area contributed by atoms with Crippen LogP contribution in [0.2, 0.25) is 0 Å². The van der Waals surface area contributed by atoms with Gasteiger partial charge in [0.15, 0.2) is 0 Å². The van der Waals surface area contributed by atoms with Gasteiger partial charge in [-0.2, -0.15) is 18.2 Å². The summed E-state index contributed by atoms with van der Waals surface area (Å²) in [5, 5.41) is 12.0. The van der Waals surface area contributed by atoms with Crippen molar-refractivity contribution < 1.29 is 22.8 Å². The fourth-order valence-corrected chi connectivity index (χ4v) is 1.41. The quantitative estimate of drug-likeness (QED) is 0.917. The fourth-order valence-electron chi connectivity index (χ4n) is 1.41. The molecule has 0 saturated carbocycles. The van der Waals surface area contributed by atoms with Gasteiger partial charge in [0.25, 0.3) is 0 Å². The number of rotatable bonds is 3. The second kappa shape index (κ2) is 4.77. The van der Waals surface area contributed by atoms with Gasteiger partial charge in [-0.1, -0.05) is 29.4 Å². The molecule has 0 aliphatic rings. The zero-order valence-corrected chi connectivity index (χ0v) is 9.11. The number of hydrogen-bond acceptors (Lipinski definition) is 4. The van der Waals surface area contributed by atoms with E-state index in [1.54, 1.807) is 24.3 Å². The summed E-state index contributed by atoms with van der Waals surface area (Å²) in [4.78, 5) is 3.28. The normalized spacial score (nSPS) is 11.8. The van der Waals surface area contributed by atoms with Gasteiger partial charge in [0.05, 0.1) is 0 Å². The van der Waals surface area contributed by atoms with E-state index in [0.29, 0.717) is 12.0 Å². The van der Waals surface area contributed by atoms with Crippen LogP contribution in [0.5, 0.6) is 0 Å². The molecule has 1 N–H and O–H groups in total. The van der Waals surface area contributed by atoms with Crippen molar-refractivity contribution in [2.75, 3.05) is 6.61 Å². The third-order valence-corrected chi connectivity index (χ3v) is 2.28. The van der Waals surface area contributed by atoms with Crippen molar-refractivity contribution in [3.63, 3.8) is 0 Å². The van der Waals surface area contributed by atoms with E-state index in [2.05, 4.69) is 14.7 Å². The molecule has 0 atom stereocenters. The molecule has 0 bridgehead atoms. The van der Waals surface area contributed by atoms with E-state index in [9.17, 15) is 13.2 Å². The third-order valence-electron chi connectivity index (χ3n) is 2.28. The molecule has 1 aromatic heterocycles. The molecule has 2 rings (SSSR count). The standard InChI is InChI=1S/C11H9F3N2O2/c12-11(13,14)10-15-9(16-18-10)8-3-1-7(2-4-8)5-6-17/h1-4,17H,5-6H2. The molecule has 7 heteroatoms. The highest BCUT2D eigenvalue weighted by Crippen LogP contribution is 2.29. The molecule has 0 unspecified atom stereocenters. The minimum absolute atomic E-state index is 0.0137. The predicted octanol–water partition coefficient (Wildman–Crippen LogP) is 2.29. The van der Waals surface area contributed by atoms with Gasteiger partial charge in [-0.3, -0.25) is 0 Å². The minimum atomic E-state index is -4.64. The van der Waals surface area contributed by atoms with Crippen LogP contribution in [-0.2, 0) is 12.6 Å². The van der Waals surface area contributed by atoms with Crippen molar-refractivity contribution in [1.29, 1.82) is 0 Å². The molecule has 0 spiro atoms. The van der Waals surface area contributed by atoms with E-state index >= 15 is 0 Å². The number of aromatic nitrogens is 2. The van der Waals surface area contributed by atoms with E-state index in [1.165, 1.54) is 0 Å².